The minimum atomic E-state index is -0.201. The van der Waals surface area contributed by atoms with Crippen LogP contribution in [0.2, 0.25) is 0 Å². The van der Waals surface area contributed by atoms with Crippen LogP contribution < -0.4 is 16.2 Å². The summed E-state index contributed by atoms with van der Waals surface area (Å²) in [5.74, 6) is 0.945. The number of aromatic amines is 1. The SMILES string of the molecule is Cn1ncc2c(=O)[nH]c(CNCCNC(=O)[C@@H]3C[C@H]3c3cccnc3)nc21. The summed E-state index contributed by atoms with van der Waals surface area (Å²) in [7, 11) is 1.75. The molecule has 4 rings (SSSR count). The molecule has 2 atom stereocenters. The van der Waals surface area contributed by atoms with Crippen molar-refractivity contribution in [2.75, 3.05) is 13.1 Å². The Balaban J connectivity index is 1.22. The van der Waals surface area contributed by atoms with Gasteiger partial charge in [-0.05, 0) is 24.0 Å². The highest BCUT2D eigenvalue weighted by molar-refractivity contribution is 5.82. The number of aromatic nitrogens is 5. The zero-order valence-electron chi connectivity index (χ0n) is 15.0. The van der Waals surface area contributed by atoms with Crippen molar-refractivity contribution in [3.8, 4) is 0 Å². The Morgan fingerprint density at radius 2 is 2.26 bits per heavy atom. The Morgan fingerprint density at radius 3 is 3.07 bits per heavy atom. The molecule has 1 amide bonds. The zero-order valence-corrected chi connectivity index (χ0v) is 15.0. The predicted octanol–water partition coefficient (Wildman–Crippen LogP) is 0.0611. The highest BCUT2D eigenvalue weighted by Gasteiger charge is 2.43. The van der Waals surface area contributed by atoms with E-state index < -0.39 is 0 Å². The number of carbonyl (C=O) groups excluding carboxylic acids is 1. The predicted molar refractivity (Wildman–Crippen MR) is 98.9 cm³/mol. The molecular formula is C18H21N7O2. The molecule has 0 unspecified atom stereocenters. The molecule has 0 aliphatic heterocycles. The lowest BCUT2D eigenvalue weighted by Gasteiger charge is -2.07. The summed E-state index contributed by atoms with van der Waals surface area (Å²) in [6.45, 7) is 1.52. The van der Waals surface area contributed by atoms with Crippen molar-refractivity contribution in [3.63, 3.8) is 0 Å². The molecule has 9 nitrogen and oxygen atoms in total. The van der Waals surface area contributed by atoms with Gasteiger partial charge in [0.15, 0.2) is 5.65 Å². The van der Waals surface area contributed by atoms with Crippen LogP contribution >= 0.6 is 0 Å². The molecule has 3 aromatic heterocycles. The van der Waals surface area contributed by atoms with Gasteiger partial charge in [-0.1, -0.05) is 6.07 Å². The molecule has 0 aromatic carbocycles. The number of amides is 1. The second-order valence-corrected chi connectivity index (χ2v) is 6.72. The summed E-state index contributed by atoms with van der Waals surface area (Å²) < 4.78 is 1.57. The van der Waals surface area contributed by atoms with E-state index in [0.29, 0.717) is 36.5 Å². The molecule has 0 saturated heterocycles. The average molecular weight is 367 g/mol. The maximum absolute atomic E-state index is 12.2. The van der Waals surface area contributed by atoms with Gasteiger partial charge in [0.05, 0.1) is 12.7 Å². The van der Waals surface area contributed by atoms with E-state index in [9.17, 15) is 9.59 Å². The quantitative estimate of drug-likeness (QED) is 0.508. The lowest BCUT2D eigenvalue weighted by atomic mass is 10.1. The van der Waals surface area contributed by atoms with Crippen LogP contribution in [-0.4, -0.2) is 43.7 Å². The number of nitrogens with one attached hydrogen (secondary N) is 3. The van der Waals surface area contributed by atoms with Crippen LogP contribution in [0.4, 0.5) is 0 Å². The molecule has 3 N–H and O–H groups in total. The third-order valence-corrected chi connectivity index (χ3v) is 4.78. The van der Waals surface area contributed by atoms with Crippen molar-refractivity contribution in [1.29, 1.82) is 0 Å². The van der Waals surface area contributed by atoms with Crippen LogP contribution in [0.5, 0.6) is 0 Å². The molecule has 0 bridgehead atoms. The van der Waals surface area contributed by atoms with Crippen molar-refractivity contribution in [2.24, 2.45) is 13.0 Å². The summed E-state index contributed by atoms with van der Waals surface area (Å²) in [5, 5.41) is 10.6. The minimum absolute atomic E-state index is 0.0412. The van der Waals surface area contributed by atoms with E-state index in [0.717, 1.165) is 12.0 Å². The van der Waals surface area contributed by atoms with Crippen molar-refractivity contribution in [3.05, 3.63) is 52.5 Å². The van der Waals surface area contributed by atoms with Gasteiger partial charge in [-0.3, -0.25) is 19.3 Å². The normalized spacial score (nSPS) is 18.6. The number of rotatable bonds is 7. The highest BCUT2D eigenvalue weighted by Crippen LogP contribution is 2.47. The number of carbonyl (C=O) groups is 1. The second-order valence-electron chi connectivity index (χ2n) is 6.72. The largest absolute Gasteiger partial charge is 0.355 e. The highest BCUT2D eigenvalue weighted by atomic mass is 16.2. The first-order valence-corrected chi connectivity index (χ1v) is 8.92. The summed E-state index contributed by atoms with van der Waals surface area (Å²) in [6, 6.07) is 3.91. The molecule has 1 aliphatic carbocycles. The number of aryl methyl sites for hydroxylation is 1. The van der Waals surface area contributed by atoms with Gasteiger partial charge >= 0.3 is 0 Å². The maximum atomic E-state index is 12.2. The number of hydrogen-bond acceptors (Lipinski definition) is 6. The third kappa shape index (κ3) is 3.72. The van der Waals surface area contributed by atoms with E-state index in [-0.39, 0.29) is 23.3 Å². The summed E-state index contributed by atoms with van der Waals surface area (Å²) >= 11 is 0. The van der Waals surface area contributed by atoms with Crippen LogP contribution in [0.25, 0.3) is 11.0 Å². The first-order chi connectivity index (χ1) is 13.1. The van der Waals surface area contributed by atoms with Gasteiger partial charge in [0.1, 0.15) is 11.2 Å². The van der Waals surface area contributed by atoms with E-state index in [2.05, 4.69) is 30.7 Å². The molecular weight excluding hydrogens is 346 g/mol. The van der Waals surface area contributed by atoms with Crippen molar-refractivity contribution >= 4 is 16.9 Å². The monoisotopic (exact) mass is 367 g/mol. The fourth-order valence-corrected chi connectivity index (χ4v) is 3.22. The molecule has 1 saturated carbocycles. The number of nitrogens with zero attached hydrogens (tertiary/aromatic N) is 4. The summed E-state index contributed by atoms with van der Waals surface area (Å²) in [5.41, 5.74) is 1.48. The first kappa shape index (κ1) is 17.3. The molecule has 1 fully saturated rings. The lowest BCUT2D eigenvalue weighted by molar-refractivity contribution is -0.122. The van der Waals surface area contributed by atoms with Gasteiger partial charge in [-0.25, -0.2) is 4.98 Å². The Labute approximate surface area is 155 Å². The molecule has 0 radical (unpaired) electrons. The minimum Gasteiger partial charge on any atom is -0.355 e. The topological polar surface area (TPSA) is 118 Å². The van der Waals surface area contributed by atoms with Crippen LogP contribution in [0.1, 0.15) is 23.7 Å². The van der Waals surface area contributed by atoms with Crippen molar-refractivity contribution < 1.29 is 4.79 Å². The van der Waals surface area contributed by atoms with Gasteiger partial charge in [0.25, 0.3) is 5.56 Å². The third-order valence-electron chi connectivity index (χ3n) is 4.78. The van der Waals surface area contributed by atoms with E-state index in [1.165, 1.54) is 6.20 Å². The van der Waals surface area contributed by atoms with Crippen LogP contribution in [-0.2, 0) is 18.4 Å². The maximum Gasteiger partial charge on any atom is 0.262 e. The molecule has 27 heavy (non-hydrogen) atoms. The molecule has 3 heterocycles. The van der Waals surface area contributed by atoms with Gasteiger partial charge in [0.2, 0.25) is 5.91 Å². The number of hydrogen-bond donors (Lipinski definition) is 3. The van der Waals surface area contributed by atoms with Gasteiger partial charge in [-0.2, -0.15) is 5.10 Å². The van der Waals surface area contributed by atoms with E-state index in [1.54, 1.807) is 17.9 Å². The fraction of sp³-hybridized carbons (Fsp3) is 0.389. The zero-order chi connectivity index (χ0) is 18.8. The van der Waals surface area contributed by atoms with E-state index in [1.807, 2.05) is 18.3 Å². The molecule has 1 aliphatic rings. The van der Waals surface area contributed by atoms with Gasteiger partial charge in [0, 0.05) is 38.4 Å². The fourth-order valence-electron chi connectivity index (χ4n) is 3.22. The van der Waals surface area contributed by atoms with Crippen molar-refractivity contribution in [2.45, 2.75) is 18.9 Å². The Morgan fingerprint density at radius 1 is 1.37 bits per heavy atom. The van der Waals surface area contributed by atoms with Gasteiger partial charge < -0.3 is 15.6 Å². The van der Waals surface area contributed by atoms with Crippen LogP contribution in [0.15, 0.2) is 35.5 Å². The first-order valence-electron chi connectivity index (χ1n) is 8.92. The molecule has 9 heteroatoms. The number of pyridine rings is 1. The molecule has 0 spiro atoms. The number of H-pyrrole nitrogens is 1. The van der Waals surface area contributed by atoms with E-state index >= 15 is 0 Å². The summed E-state index contributed by atoms with van der Waals surface area (Å²) in [6.07, 6.45) is 5.94. The second kappa shape index (κ2) is 7.28. The number of fused-ring (bicyclic) bond motifs is 1. The smallest absolute Gasteiger partial charge is 0.262 e. The van der Waals surface area contributed by atoms with E-state index in [4.69, 9.17) is 0 Å². The molecule has 3 aromatic rings. The standard InChI is InChI=1S/C18H21N7O2/c1-25-16-14(9-22-25)18(27)24-15(23-16)10-20-5-6-21-17(26)13-7-12(13)11-3-2-4-19-8-11/h2-4,8-9,12-13,20H,5-7,10H2,1H3,(H,21,26)(H,23,24,27)/t12-,13+/m0/s1. The van der Waals surface area contributed by atoms with Crippen LogP contribution in [0.3, 0.4) is 0 Å². The lowest BCUT2D eigenvalue weighted by Crippen LogP contribution is -2.33. The van der Waals surface area contributed by atoms with Gasteiger partial charge in [-0.15, -0.1) is 0 Å². The molecule has 140 valence electrons. The summed E-state index contributed by atoms with van der Waals surface area (Å²) in [4.78, 5) is 35.4. The Hall–Kier alpha value is -3.07. The van der Waals surface area contributed by atoms with Crippen LogP contribution in [0, 0.1) is 5.92 Å². The van der Waals surface area contributed by atoms with Crippen molar-refractivity contribution in [1.82, 2.24) is 35.4 Å². The Bertz CT molecular complexity index is 1010. The Kier molecular flexibility index (Phi) is 4.68. The average Bonchev–Trinajstić information content (AvgIpc) is 3.40.